The Morgan fingerprint density at radius 3 is 0.957 bits per heavy atom. The molecule has 1 nitrogen and oxygen atoms in total. The first-order valence-electron chi connectivity index (χ1n) is 10.4. The Bertz CT molecular complexity index is 210. The second kappa shape index (κ2) is 19.3. The zero-order chi connectivity index (χ0) is 16.5. The van der Waals surface area contributed by atoms with Crippen LogP contribution in [0.2, 0.25) is 0 Å². The summed E-state index contributed by atoms with van der Waals surface area (Å²) in [6, 6.07) is 0. The summed E-state index contributed by atoms with van der Waals surface area (Å²) in [6.45, 7) is 3.63. The number of nitrogens with zero attached hydrogens (tertiary/aromatic N) is 1. The van der Waals surface area contributed by atoms with Gasteiger partial charge in [-0.15, -0.1) is 0 Å². The van der Waals surface area contributed by atoms with Crippen molar-refractivity contribution in [3.8, 4) is 0 Å². The fourth-order valence-corrected chi connectivity index (χ4v) is 3.13. The van der Waals surface area contributed by atoms with Crippen LogP contribution in [0.15, 0.2) is 0 Å². The van der Waals surface area contributed by atoms with Crippen LogP contribution in [0.3, 0.4) is 0 Å². The van der Waals surface area contributed by atoms with E-state index in [1.54, 1.807) is 0 Å². The van der Waals surface area contributed by atoms with Crippen molar-refractivity contribution in [1.29, 1.82) is 0 Å². The third-order valence-corrected chi connectivity index (χ3v) is 4.68. The summed E-state index contributed by atoms with van der Waals surface area (Å²) in [6.07, 6.45) is 23.4. The Hall–Kier alpha value is 0.960. The molecule has 0 unspecified atom stereocenters. The molecule has 134 valence electrons. The molecule has 0 rings (SSSR count). The standard InChI is InChI=1S/C21H46N.Na/c1-5-6-7-8-9-10-11-12-13-14-15-16-17-18-19-20-21-22(2,3)4;/h5-21H2,1-4H3;/q2*+1. The summed E-state index contributed by atoms with van der Waals surface area (Å²) in [5, 5.41) is 0. The summed E-state index contributed by atoms with van der Waals surface area (Å²) in [4.78, 5) is 0. The minimum absolute atomic E-state index is 0. The first-order valence-corrected chi connectivity index (χ1v) is 10.4. The topological polar surface area (TPSA) is 0 Å². The molecule has 0 saturated heterocycles. The van der Waals surface area contributed by atoms with E-state index in [0.717, 1.165) is 4.48 Å². The third kappa shape index (κ3) is 25.3. The second-order valence-electron chi connectivity index (χ2n) is 8.32. The second-order valence-corrected chi connectivity index (χ2v) is 8.32. The molecule has 0 heterocycles. The van der Waals surface area contributed by atoms with Crippen LogP contribution < -0.4 is 29.6 Å². The molecular formula is C21H46NNa+2. The smallest absolute Gasteiger partial charge is 0.331 e. The first kappa shape index (κ1) is 26.2. The first-order chi connectivity index (χ1) is 10.6. The average molecular weight is 336 g/mol. The molecule has 0 aliphatic rings. The Morgan fingerprint density at radius 1 is 0.435 bits per heavy atom. The molecule has 0 aromatic rings. The number of unbranched alkanes of at least 4 members (excludes halogenated alkanes) is 15. The predicted molar refractivity (Wildman–Crippen MR) is 102 cm³/mol. The van der Waals surface area contributed by atoms with E-state index in [4.69, 9.17) is 0 Å². The van der Waals surface area contributed by atoms with E-state index in [2.05, 4.69) is 28.1 Å². The molecule has 0 N–H and O–H groups in total. The van der Waals surface area contributed by atoms with E-state index in [-0.39, 0.29) is 29.6 Å². The molecule has 0 amide bonds. The summed E-state index contributed by atoms with van der Waals surface area (Å²) >= 11 is 0. The maximum atomic E-state index is 2.30. The third-order valence-electron chi connectivity index (χ3n) is 4.68. The summed E-state index contributed by atoms with van der Waals surface area (Å²) in [5.74, 6) is 0. The van der Waals surface area contributed by atoms with E-state index < -0.39 is 0 Å². The Balaban J connectivity index is 0. The van der Waals surface area contributed by atoms with Gasteiger partial charge in [-0.25, -0.2) is 0 Å². The Labute approximate surface area is 170 Å². The molecule has 2 heteroatoms. The Kier molecular flexibility index (Phi) is 22.0. The van der Waals surface area contributed by atoms with Crippen molar-refractivity contribution in [1.82, 2.24) is 0 Å². The fourth-order valence-electron chi connectivity index (χ4n) is 3.13. The van der Waals surface area contributed by atoms with Crippen LogP contribution in [0.1, 0.15) is 110 Å². The van der Waals surface area contributed by atoms with Crippen LogP contribution in [0.25, 0.3) is 0 Å². The van der Waals surface area contributed by atoms with Crippen LogP contribution in [-0.2, 0) is 0 Å². The van der Waals surface area contributed by atoms with Crippen LogP contribution in [0, 0.1) is 0 Å². The molecule has 0 aliphatic carbocycles. The van der Waals surface area contributed by atoms with Gasteiger partial charge < -0.3 is 4.48 Å². The summed E-state index contributed by atoms with van der Waals surface area (Å²) in [7, 11) is 6.89. The van der Waals surface area contributed by atoms with Crippen LogP contribution >= 0.6 is 0 Å². The van der Waals surface area contributed by atoms with Crippen molar-refractivity contribution < 1.29 is 34.0 Å². The van der Waals surface area contributed by atoms with E-state index in [9.17, 15) is 0 Å². The van der Waals surface area contributed by atoms with Crippen molar-refractivity contribution in [3.05, 3.63) is 0 Å². The number of quaternary nitrogens is 1. The van der Waals surface area contributed by atoms with Crippen molar-refractivity contribution in [2.75, 3.05) is 27.7 Å². The maximum absolute atomic E-state index is 2.30. The van der Waals surface area contributed by atoms with E-state index in [1.165, 1.54) is 109 Å². The van der Waals surface area contributed by atoms with Crippen LogP contribution in [0.5, 0.6) is 0 Å². The fraction of sp³-hybridized carbons (Fsp3) is 1.00. The van der Waals surface area contributed by atoms with Gasteiger partial charge in [-0.05, 0) is 12.8 Å². The van der Waals surface area contributed by atoms with Crippen LogP contribution in [0.4, 0.5) is 0 Å². The predicted octanol–water partition coefficient (Wildman–Crippen LogP) is 3.96. The normalized spacial score (nSPS) is 11.5. The minimum atomic E-state index is 0. The van der Waals surface area contributed by atoms with Gasteiger partial charge in [0.1, 0.15) is 0 Å². The molecule has 0 atom stereocenters. The summed E-state index contributed by atoms with van der Waals surface area (Å²) in [5.41, 5.74) is 0. The SMILES string of the molecule is CCCCCCCCCCCCCCCCCC[N+](C)(C)C.[Na+]. The van der Waals surface area contributed by atoms with Crippen molar-refractivity contribution >= 4 is 0 Å². The van der Waals surface area contributed by atoms with E-state index in [0.29, 0.717) is 0 Å². The van der Waals surface area contributed by atoms with E-state index in [1.807, 2.05) is 0 Å². The largest absolute Gasteiger partial charge is 1.00 e. The van der Waals surface area contributed by atoms with Crippen molar-refractivity contribution in [3.63, 3.8) is 0 Å². The zero-order valence-electron chi connectivity index (χ0n) is 17.5. The Morgan fingerprint density at radius 2 is 0.696 bits per heavy atom. The zero-order valence-corrected chi connectivity index (χ0v) is 19.5. The number of rotatable bonds is 17. The monoisotopic (exact) mass is 335 g/mol. The van der Waals surface area contributed by atoms with Gasteiger partial charge >= 0.3 is 29.6 Å². The maximum Gasteiger partial charge on any atom is 1.00 e. The van der Waals surface area contributed by atoms with Gasteiger partial charge in [-0.2, -0.15) is 0 Å². The quantitative estimate of drug-likeness (QED) is 0.214. The van der Waals surface area contributed by atoms with E-state index >= 15 is 0 Å². The van der Waals surface area contributed by atoms with Gasteiger partial charge in [-0.3, -0.25) is 0 Å². The van der Waals surface area contributed by atoms with Gasteiger partial charge in [0.05, 0.1) is 27.7 Å². The van der Waals surface area contributed by atoms with Crippen molar-refractivity contribution in [2.24, 2.45) is 0 Å². The molecule has 0 saturated carbocycles. The van der Waals surface area contributed by atoms with Gasteiger partial charge in [0.25, 0.3) is 0 Å². The molecule has 0 fully saturated rings. The molecule has 0 aromatic heterocycles. The average Bonchev–Trinajstić information content (AvgIpc) is 2.45. The molecular weight excluding hydrogens is 289 g/mol. The molecule has 0 aliphatic heterocycles. The molecule has 23 heavy (non-hydrogen) atoms. The van der Waals surface area contributed by atoms with Gasteiger partial charge in [0, 0.05) is 0 Å². The van der Waals surface area contributed by atoms with Gasteiger partial charge in [0.2, 0.25) is 0 Å². The minimum Gasteiger partial charge on any atom is -0.331 e. The molecule has 0 spiro atoms. The molecule has 0 bridgehead atoms. The van der Waals surface area contributed by atoms with Gasteiger partial charge in [0.15, 0.2) is 0 Å². The van der Waals surface area contributed by atoms with Gasteiger partial charge in [-0.1, -0.05) is 96.8 Å². The summed E-state index contributed by atoms with van der Waals surface area (Å²) < 4.78 is 1.12. The van der Waals surface area contributed by atoms with Crippen LogP contribution in [-0.4, -0.2) is 32.2 Å². The van der Waals surface area contributed by atoms with Crippen molar-refractivity contribution in [2.45, 2.75) is 110 Å². The number of hydrogen-bond acceptors (Lipinski definition) is 0. The number of hydrogen-bond donors (Lipinski definition) is 0. The molecule has 0 radical (unpaired) electrons. The molecule has 0 aromatic carbocycles.